The van der Waals surface area contributed by atoms with Crippen molar-refractivity contribution in [2.75, 3.05) is 53.0 Å². The molecule has 4 rings (SSSR count). The molecule has 0 bridgehead atoms. The number of nitrogens with one attached hydrogen (secondary N) is 1. The number of morpholine rings is 2. The standard InChI is InChI=1S/C25H34N4O2/c1-20-7-3-6-10-23(20)24-19-29(13-16-31-24)25(26-2)27-17-21-8-4-5-9-22(21)18-28-11-14-30-15-12-28/h3-10,24H,11-19H2,1-2H3,(H,26,27). The summed E-state index contributed by atoms with van der Waals surface area (Å²) in [6, 6.07) is 17.2. The highest BCUT2D eigenvalue weighted by Crippen LogP contribution is 2.25. The Labute approximate surface area is 185 Å². The van der Waals surface area contributed by atoms with Crippen LogP contribution >= 0.6 is 0 Å². The summed E-state index contributed by atoms with van der Waals surface area (Å²) in [6.45, 7) is 9.88. The lowest BCUT2D eigenvalue weighted by Gasteiger charge is -2.36. The molecule has 0 aliphatic carbocycles. The average Bonchev–Trinajstić information content (AvgIpc) is 2.82. The number of nitrogens with zero attached hydrogens (tertiary/aromatic N) is 3. The van der Waals surface area contributed by atoms with Gasteiger partial charge >= 0.3 is 0 Å². The molecular formula is C25H34N4O2. The molecule has 1 N–H and O–H groups in total. The first-order valence-electron chi connectivity index (χ1n) is 11.2. The Morgan fingerprint density at radius 1 is 1.00 bits per heavy atom. The SMILES string of the molecule is CN=C(NCc1ccccc1CN1CCOCC1)N1CCOC(c2ccccc2C)C1. The maximum absolute atomic E-state index is 6.10. The molecule has 0 spiro atoms. The summed E-state index contributed by atoms with van der Waals surface area (Å²) in [6.07, 6.45) is 0.0714. The zero-order valence-corrected chi connectivity index (χ0v) is 18.7. The van der Waals surface area contributed by atoms with E-state index >= 15 is 0 Å². The van der Waals surface area contributed by atoms with Crippen molar-refractivity contribution in [2.24, 2.45) is 4.99 Å². The summed E-state index contributed by atoms with van der Waals surface area (Å²) in [7, 11) is 1.86. The van der Waals surface area contributed by atoms with E-state index in [-0.39, 0.29) is 6.10 Å². The Hall–Kier alpha value is -2.41. The molecule has 166 valence electrons. The van der Waals surface area contributed by atoms with Crippen molar-refractivity contribution in [1.82, 2.24) is 15.1 Å². The maximum Gasteiger partial charge on any atom is 0.194 e. The molecule has 6 nitrogen and oxygen atoms in total. The zero-order valence-electron chi connectivity index (χ0n) is 18.7. The first-order chi connectivity index (χ1) is 15.2. The van der Waals surface area contributed by atoms with E-state index in [2.05, 4.69) is 75.6 Å². The minimum atomic E-state index is 0.0714. The highest BCUT2D eigenvalue weighted by molar-refractivity contribution is 5.80. The summed E-state index contributed by atoms with van der Waals surface area (Å²) in [5.74, 6) is 0.933. The van der Waals surface area contributed by atoms with E-state index in [1.165, 1.54) is 22.3 Å². The second-order valence-corrected chi connectivity index (χ2v) is 8.22. The minimum Gasteiger partial charge on any atom is -0.379 e. The van der Waals surface area contributed by atoms with Crippen molar-refractivity contribution in [1.29, 1.82) is 0 Å². The van der Waals surface area contributed by atoms with Gasteiger partial charge in [-0.25, -0.2) is 0 Å². The second kappa shape index (κ2) is 10.8. The van der Waals surface area contributed by atoms with Gasteiger partial charge in [-0.15, -0.1) is 0 Å². The summed E-state index contributed by atoms with van der Waals surface area (Å²) in [5, 5.41) is 3.60. The van der Waals surface area contributed by atoms with E-state index in [1.54, 1.807) is 0 Å². The first-order valence-corrected chi connectivity index (χ1v) is 11.2. The van der Waals surface area contributed by atoms with Crippen molar-refractivity contribution < 1.29 is 9.47 Å². The van der Waals surface area contributed by atoms with Gasteiger partial charge in [0, 0.05) is 39.8 Å². The average molecular weight is 423 g/mol. The van der Waals surface area contributed by atoms with Crippen LogP contribution in [0.4, 0.5) is 0 Å². The van der Waals surface area contributed by atoms with E-state index in [1.807, 2.05) is 7.05 Å². The molecule has 2 aliphatic heterocycles. The molecule has 2 fully saturated rings. The molecule has 31 heavy (non-hydrogen) atoms. The molecule has 6 heteroatoms. The smallest absolute Gasteiger partial charge is 0.194 e. The van der Waals surface area contributed by atoms with Crippen LogP contribution in [0.2, 0.25) is 0 Å². The number of benzene rings is 2. The second-order valence-electron chi connectivity index (χ2n) is 8.22. The first kappa shape index (κ1) is 21.8. The lowest BCUT2D eigenvalue weighted by Crippen LogP contribution is -2.48. The van der Waals surface area contributed by atoms with Crippen molar-refractivity contribution >= 4 is 5.96 Å². The molecule has 1 atom stereocenters. The number of rotatable bonds is 5. The Morgan fingerprint density at radius 3 is 2.52 bits per heavy atom. The molecule has 2 aromatic rings. The van der Waals surface area contributed by atoms with Gasteiger partial charge in [0.15, 0.2) is 5.96 Å². The van der Waals surface area contributed by atoms with Gasteiger partial charge in [0.1, 0.15) is 6.10 Å². The predicted octanol–water partition coefficient (Wildman–Crippen LogP) is 2.98. The molecule has 0 radical (unpaired) electrons. The number of guanidine groups is 1. The fraction of sp³-hybridized carbons (Fsp3) is 0.480. The molecule has 2 aliphatic rings. The highest BCUT2D eigenvalue weighted by Gasteiger charge is 2.25. The van der Waals surface area contributed by atoms with Gasteiger partial charge in [-0.3, -0.25) is 9.89 Å². The van der Waals surface area contributed by atoms with Gasteiger partial charge in [0.05, 0.1) is 26.4 Å². The van der Waals surface area contributed by atoms with Gasteiger partial charge in [-0.1, -0.05) is 48.5 Å². The van der Waals surface area contributed by atoms with E-state index in [9.17, 15) is 0 Å². The van der Waals surface area contributed by atoms with Gasteiger partial charge < -0.3 is 19.7 Å². The number of aliphatic imine (C=N–C) groups is 1. The van der Waals surface area contributed by atoms with Crippen molar-refractivity contribution in [3.8, 4) is 0 Å². The topological polar surface area (TPSA) is 49.3 Å². The highest BCUT2D eigenvalue weighted by atomic mass is 16.5. The van der Waals surface area contributed by atoms with E-state index in [4.69, 9.17) is 9.47 Å². The van der Waals surface area contributed by atoms with E-state index in [0.717, 1.165) is 58.4 Å². The van der Waals surface area contributed by atoms with Crippen LogP contribution < -0.4 is 5.32 Å². The monoisotopic (exact) mass is 422 g/mol. The summed E-state index contributed by atoms with van der Waals surface area (Å²) >= 11 is 0. The molecule has 2 saturated heterocycles. The number of aryl methyl sites for hydroxylation is 1. The summed E-state index contributed by atoms with van der Waals surface area (Å²) in [5.41, 5.74) is 5.22. The third-order valence-electron chi connectivity index (χ3n) is 6.17. The Bertz CT molecular complexity index is 879. The fourth-order valence-corrected chi connectivity index (χ4v) is 4.37. The molecule has 0 saturated carbocycles. The van der Waals surface area contributed by atoms with Gasteiger partial charge in [0.25, 0.3) is 0 Å². The van der Waals surface area contributed by atoms with Crippen LogP contribution in [0.15, 0.2) is 53.5 Å². The van der Waals surface area contributed by atoms with Gasteiger partial charge in [0.2, 0.25) is 0 Å². The van der Waals surface area contributed by atoms with E-state index < -0.39 is 0 Å². The van der Waals surface area contributed by atoms with Crippen LogP contribution in [-0.4, -0.2) is 68.8 Å². The Kier molecular flexibility index (Phi) is 7.57. The Morgan fingerprint density at radius 2 is 1.74 bits per heavy atom. The van der Waals surface area contributed by atoms with Crippen molar-refractivity contribution in [3.05, 3.63) is 70.8 Å². The third kappa shape index (κ3) is 5.64. The van der Waals surface area contributed by atoms with Crippen molar-refractivity contribution in [3.63, 3.8) is 0 Å². The molecule has 1 unspecified atom stereocenters. The number of ether oxygens (including phenoxy) is 2. The summed E-state index contributed by atoms with van der Waals surface area (Å²) in [4.78, 5) is 9.35. The molecule has 2 heterocycles. The van der Waals surface area contributed by atoms with Crippen molar-refractivity contribution in [2.45, 2.75) is 26.1 Å². The van der Waals surface area contributed by atoms with E-state index in [0.29, 0.717) is 6.61 Å². The van der Waals surface area contributed by atoms with Crippen LogP contribution in [0.25, 0.3) is 0 Å². The number of hydrogen-bond acceptors (Lipinski definition) is 4. The minimum absolute atomic E-state index is 0.0714. The zero-order chi connectivity index (χ0) is 21.5. The lowest BCUT2D eigenvalue weighted by molar-refractivity contribution is -0.00834. The van der Waals surface area contributed by atoms with Gasteiger partial charge in [-0.2, -0.15) is 0 Å². The lowest BCUT2D eigenvalue weighted by atomic mass is 10.0. The molecule has 0 aromatic heterocycles. The quantitative estimate of drug-likeness (QED) is 0.593. The van der Waals surface area contributed by atoms with Crippen LogP contribution in [0.1, 0.15) is 28.4 Å². The normalized spacial score (nSPS) is 20.6. The fourth-order valence-electron chi connectivity index (χ4n) is 4.37. The Balaban J connectivity index is 1.39. The van der Waals surface area contributed by atoms with Crippen LogP contribution in [0.3, 0.4) is 0 Å². The largest absolute Gasteiger partial charge is 0.379 e. The van der Waals surface area contributed by atoms with Crippen LogP contribution in [-0.2, 0) is 22.6 Å². The number of hydrogen-bond donors (Lipinski definition) is 1. The maximum atomic E-state index is 6.10. The third-order valence-corrected chi connectivity index (χ3v) is 6.17. The molecular weight excluding hydrogens is 388 g/mol. The predicted molar refractivity (Wildman–Crippen MR) is 124 cm³/mol. The summed E-state index contributed by atoms with van der Waals surface area (Å²) < 4.78 is 11.6. The van der Waals surface area contributed by atoms with Crippen LogP contribution in [0.5, 0.6) is 0 Å². The van der Waals surface area contributed by atoms with Crippen LogP contribution in [0, 0.1) is 6.92 Å². The molecule has 0 amide bonds. The van der Waals surface area contributed by atoms with Gasteiger partial charge in [-0.05, 0) is 29.2 Å². The molecule has 2 aromatic carbocycles.